The normalized spacial score (nSPS) is 10.7. The first-order valence-corrected chi connectivity index (χ1v) is 8.47. The number of carbonyl (C=O) groups is 1. The molecule has 3 rings (SSSR count). The number of aromatic nitrogens is 1. The second-order valence-corrected chi connectivity index (χ2v) is 6.02. The minimum absolute atomic E-state index is 0.0190. The van der Waals surface area contributed by atoms with Gasteiger partial charge >= 0.3 is 0 Å². The molecule has 0 atom stereocenters. The van der Waals surface area contributed by atoms with E-state index in [0.717, 1.165) is 28.6 Å². The van der Waals surface area contributed by atoms with E-state index >= 15 is 0 Å². The Bertz CT molecular complexity index is 819. The lowest BCUT2D eigenvalue weighted by atomic mass is 10.1. The van der Waals surface area contributed by atoms with E-state index in [4.69, 9.17) is 0 Å². The molecule has 0 saturated carbocycles. The Morgan fingerprint density at radius 3 is 2.62 bits per heavy atom. The van der Waals surface area contributed by atoms with Crippen LogP contribution in [0.2, 0.25) is 0 Å². The van der Waals surface area contributed by atoms with Crippen LogP contribution in [0.15, 0.2) is 60.8 Å². The highest BCUT2D eigenvalue weighted by Crippen LogP contribution is 2.17. The van der Waals surface area contributed by atoms with E-state index in [1.807, 2.05) is 42.5 Å². The Balaban J connectivity index is 1.67. The van der Waals surface area contributed by atoms with Gasteiger partial charge in [0.1, 0.15) is 0 Å². The predicted octanol–water partition coefficient (Wildman–Crippen LogP) is 4.76. The topological polar surface area (TPSA) is 42.0 Å². The molecule has 3 aromatic rings. The van der Waals surface area contributed by atoms with Crippen molar-refractivity contribution in [3.8, 4) is 0 Å². The van der Waals surface area contributed by atoms with Gasteiger partial charge in [-0.1, -0.05) is 49.7 Å². The second kappa shape index (κ2) is 7.73. The van der Waals surface area contributed by atoms with Crippen LogP contribution in [0.1, 0.15) is 30.9 Å². The van der Waals surface area contributed by atoms with Gasteiger partial charge in [0.05, 0.1) is 11.9 Å². The van der Waals surface area contributed by atoms with Gasteiger partial charge in [0.15, 0.2) is 0 Å². The number of fused-ring (bicyclic) bond motifs is 1. The first kappa shape index (κ1) is 16.2. The summed E-state index contributed by atoms with van der Waals surface area (Å²) in [5.74, 6) is -0.0190. The van der Waals surface area contributed by atoms with Crippen molar-refractivity contribution in [3.05, 3.63) is 71.9 Å². The molecule has 0 bridgehead atoms. The molecule has 1 aromatic heterocycles. The minimum atomic E-state index is -0.0190. The highest BCUT2D eigenvalue weighted by atomic mass is 16.1. The van der Waals surface area contributed by atoms with Crippen LogP contribution in [0, 0.1) is 0 Å². The molecule has 0 radical (unpaired) electrons. The fourth-order valence-electron chi connectivity index (χ4n) is 2.82. The molecule has 0 fully saturated rings. The van der Waals surface area contributed by atoms with Crippen LogP contribution in [0.4, 0.5) is 5.69 Å². The molecule has 3 heteroatoms. The lowest BCUT2D eigenvalue weighted by molar-refractivity contribution is -0.115. The molecular formula is C21H22N2O. The van der Waals surface area contributed by atoms with Crippen molar-refractivity contribution in [1.29, 1.82) is 0 Å². The van der Waals surface area contributed by atoms with Crippen LogP contribution in [-0.4, -0.2) is 10.9 Å². The average Bonchev–Trinajstić information content (AvgIpc) is 2.61. The summed E-state index contributed by atoms with van der Waals surface area (Å²) < 4.78 is 0. The van der Waals surface area contributed by atoms with E-state index in [-0.39, 0.29) is 5.91 Å². The number of para-hydroxylation sites is 1. The molecule has 0 aliphatic rings. The Hall–Kier alpha value is -2.68. The van der Waals surface area contributed by atoms with E-state index in [1.54, 1.807) is 6.20 Å². The number of unbranched alkanes of at least 4 members (excludes halogenated alkanes) is 1. The quantitative estimate of drug-likeness (QED) is 0.712. The zero-order chi connectivity index (χ0) is 16.8. The van der Waals surface area contributed by atoms with E-state index in [2.05, 4.69) is 29.4 Å². The molecule has 0 saturated heterocycles. The number of aryl methyl sites for hydroxylation is 1. The number of hydrogen-bond donors (Lipinski definition) is 1. The molecular weight excluding hydrogens is 296 g/mol. The van der Waals surface area contributed by atoms with Crippen molar-refractivity contribution in [2.24, 2.45) is 0 Å². The lowest BCUT2D eigenvalue weighted by Crippen LogP contribution is -2.14. The zero-order valence-corrected chi connectivity index (χ0v) is 14.0. The Morgan fingerprint density at radius 2 is 1.83 bits per heavy atom. The summed E-state index contributed by atoms with van der Waals surface area (Å²) in [6.45, 7) is 2.19. The maximum absolute atomic E-state index is 12.3. The van der Waals surface area contributed by atoms with Crippen molar-refractivity contribution in [3.63, 3.8) is 0 Å². The van der Waals surface area contributed by atoms with Crippen molar-refractivity contribution in [1.82, 2.24) is 4.98 Å². The monoisotopic (exact) mass is 318 g/mol. The maximum Gasteiger partial charge on any atom is 0.228 e. The van der Waals surface area contributed by atoms with Gasteiger partial charge in [-0.2, -0.15) is 0 Å². The molecule has 3 nitrogen and oxygen atoms in total. The number of hydrogen-bond acceptors (Lipinski definition) is 2. The number of nitrogens with zero attached hydrogens (tertiary/aromatic N) is 1. The van der Waals surface area contributed by atoms with Crippen LogP contribution in [-0.2, 0) is 17.6 Å². The average molecular weight is 318 g/mol. The third-order valence-corrected chi connectivity index (χ3v) is 4.12. The van der Waals surface area contributed by atoms with Crippen LogP contribution in [0.5, 0.6) is 0 Å². The third-order valence-electron chi connectivity index (χ3n) is 4.12. The molecule has 24 heavy (non-hydrogen) atoms. The SMILES string of the molecule is CCCCc1ccc(NC(=O)Cc2cccc3cccnc23)cc1. The number of amides is 1. The van der Waals surface area contributed by atoms with Crippen LogP contribution in [0.25, 0.3) is 10.9 Å². The highest BCUT2D eigenvalue weighted by molar-refractivity contribution is 5.95. The molecule has 122 valence electrons. The van der Waals surface area contributed by atoms with E-state index in [9.17, 15) is 4.79 Å². The number of pyridine rings is 1. The Labute approximate surface area is 142 Å². The number of rotatable bonds is 6. The van der Waals surface area contributed by atoms with Gasteiger partial charge in [0.25, 0.3) is 0 Å². The number of nitrogens with one attached hydrogen (secondary N) is 1. The number of carbonyl (C=O) groups excluding carboxylic acids is 1. The molecule has 0 spiro atoms. The van der Waals surface area contributed by atoms with Gasteiger partial charge in [-0.25, -0.2) is 0 Å². The highest BCUT2D eigenvalue weighted by Gasteiger charge is 2.08. The number of benzene rings is 2. The second-order valence-electron chi connectivity index (χ2n) is 6.02. The minimum Gasteiger partial charge on any atom is -0.326 e. The summed E-state index contributed by atoms with van der Waals surface area (Å²) in [6.07, 6.45) is 5.56. The van der Waals surface area contributed by atoms with Gasteiger partial charge in [-0.15, -0.1) is 0 Å². The van der Waals surface area contributed by atoms with E-state index in [0.29, 0.717) is 6.42 Å². The van der Waals surface area contributed by atoms with Crippen molar-refractivity contribution in [2.45, 2.75) is 32.6 Å². The van der Waals surface area contributed by atoms with Gasteiger partial charge < -0.3 is 5.32 Å². The molecule has 1 heterocycles. The van der Waals surface area contributed by atoms with Gasteiger partial charge in [0, 0.05) is 17.3 Å². The van der Waals surface area contributed by atoms with Crippen molar-refractivity contribution >= 4 is 22.5 Å². The van der Waals surface area contributed by atoms with Gasteiger partial charge in [-0.05, 0) is 42.2 Å². The third kappa shape index (κ3) is 3.99. The summed E-state index contributed by atoms with van der Waals surface area (Å²) in [7, 11) is 0. The molecule has 1 amide bonds. The van der Waals surface area contributed by atoms with Gasteiger partial charge in [-0.3, -0.25) is 9.78 Å². The predicted molar refractivity (Wildman–Crippen MR) is 99.1 cm³/mol. The fourth-order valence-corrected chi connectivity index (χ4v) is 2.82. The lowest BCUT2D eigenvalue weighted by Gasteiger charge is -2.08. The largest absolute Gasteiger partial charge is 0.326 e. The Kier molecular flexibility index (Phi) is 5.22. The molecule has 0 aliphatic carbocycles. The molecule has 0 unspecified atom stereocenters. The van der Waals surface area contributed by atoms with Crippen LogP contribution < -0.4 is 5.32 Å². The fraction of sp³-hybridized carbons (Fsp3) is 0.238. The molecule has 1 N–H and O–H groups in total. The summed E-state index contributed by atoms with van der Waals surface area (Å²) in [5, 5.41) is 4.03. The number of anilines is 1. The first-order chi connectivity index (χ1) is 11.8. The van der Waals surface area contributed by atoms with E-state index < -0.39 is 0 Å². The van der Waals surface area contributed by atoms with Crippen molar-refractivity contribution < 1.29 is 4.79 Å². The molecule has 2 aromatic carbocycles. The van der Waals surface area contributed by atoms with Crippen LogP contribution in [0.3, 0.4) is 0 Å². The standard InChI is InChI=1S/C21H22N2O/c1-2-3-6-16-10-12-19(13-11-16)23-20(24)15-18-8-4-7-17-9-5-14-22-21(17)18/h4-5,7-14H,2-3,6,15H2,1H3,(H,23,24). The smallest absolute Gasteiger partial charge is 0.228 e. The van der Waals surface area contributed by atoms with Gasteiger partial charge in [0.2, 0.25) is 5.91 Å². The van der Waals surface area contributed by atoms with Crippen LogP contribution >= 0.6 is 0 Å². The summed E-state index contributed by atoms with van der Waals surface area (Å²) >= 11 is 0. The summed E-state index contributed by atoms with van der Waals surface area (Å²) in [5.41, 5.74) is 4.00. The van der Waals surface area contributed by atoms with E-state index in [1.165, 1.54) is 18.4 Å². The summed E-state index contributed by atoms with van der Waals surface area (Å²) in [4.78, 5) is 16.7. The zero-order valence-electron chi connectivity index (χ0n) is 14.0. The van der Waals surface area contributed by atoms with Crippen molar-refractivity contribution in [2.75, 3.05) is 5.32 Å². The maximum atomic E-state index is 12.3. The Morgan fingerprint density at radius 1 is 1.04 bits per heavy atom. The molecule has 0 aliphatic heterocycles. The summed E-state index contributed by atoms with van der Waals surface area (Å²) in [6, 6.07) is 18.0. The first-order valence-electron chi connectivity index (χ1n) is 8.47.